The number of carbonyl (C=O) groups is 1. The molecule has 1 aromatic carbocycles. The molecule has 0 bridgehead atoms. The molecule has 3 heterocycles. The van der Waals surface area contributed by atoms with E-state index in [4.69, 9.17) is 0 Å². The van der Waals surface area contributed by atoms with Gasteiger partial charge >= 0.3 is 6.03 Å². The second-order valence-corrected chi connectivity index (χ2v) is 8.34. The average molecular weight is 413 g/mol. The zero-order valence-corrected chi connectivity index (χ0v) is 17.4. The first-order valence-corrected chi connectivity index (χ1v) is 10.7. The van der Waals surface area contributed by atoms with Gasteiger partial charge in [-0.25, -0.2) is 9.18 Å². The highest BCUT2D eigenvalue weighted by Crippen LogP contribution is 2.39. The van der Waals surface area contributed by atoms with Crippen LogP contribution in [0.15, 0.2) is 48.8 Å². The van der Waals surface area contributed by atoms with Crippen LogP contribution in [0.1, 0.15) is 35.9 Å². The van der Waals surface area contributed by atoms with E-state index >= 15 is 0 Å². The van der Waals surface area contributed by atoms with Crippen LogP contribution in [0.5, 0.6) is 0 Å². The van der Waals surface area contributed by atoms with E-state index in [0.717, 1.165) is 31.1 Å². The zero-order chi connectivity index (χ0) is 20.4. The van der Waals surface area contributed by atoms with Crippen molar-refractivity contribution in [2.75, 3.05) is 18.4 Å². The molecule has 0 radical (unpaired) electrons. The van der Waals surface area contributed by atoms with E-state index in [9.17, 15) is 9.18 Å². The summed E-state index contributed by atoms with van der Waals surface area (Å²) in [5, 5.41) is 7.00. The third kappa shape index (κ3) is 4.21. The number of aromatic nitrogens is 1. The van der Waals surface area contributed by atoms with E-state index in [1.807, 2.05) is 42.8 Å². The van der Waals surface area contributed by atoms with Crippen molar-refractivity contribution in [1.29, 1.82) is 0 Å². The Kier molecular flexibility index (Phi) is 5.69. The number of carbonyl (C=O) groups excluding carboxylic acids is 1. The summed E-state index contributed by atoms with van der Waals surface area (Å²) in [6, 6.07) is 9.35. The van der Waals surface area contributed by atoms with Crippen molar-refractivity contribution in [2.45, 2.75) is 32.9 Å². The molecule has 5 nitrogen and oxygen atoms in total. The van der Waals surface area contributed by atoms with E-state index in [1.165, 1.54) is 28.1 Å². The van der Waals surface area contributed by atoms with E-state index in [-0.39, 0.29) is 17.9 Å². The lowest BCUT2D eigenvalue weighted by Crippen LogP contribution is -2.33. The maximum Gasteiger partial charge on any atom is 0.319 e. The molecule has 29 heavy (non-hydrogen) atoms. The number of nitrogens with one attached hydrogen (secondary N) is 2. The summed E-state index contributed by atoms with van der Waals surface area (Å²) in [4.78, 5) is 16.4. The molecule has 0 spiro atoms. The second-order valence-electron chi connectivity index (χ2n) is 7.26. The monoisotopic (exact) mass is 412 g/mol. The fraction of sp³-hybridized carbons (Fsp3) is 0.318. The van der Waals surface area contributed by atoms with Crippen molar-refractivity contribution in [3.8, 4) is 5.00 Å². The van der Waals surface area contributed by atoms with Gasteiger partial charge in [-0.3, -0.25) is 4.90 Å². The Labute approximate surface area is 174 Å². The van der Waals surface area contributed by atoms with E-state index in [0.29, 0.717) is 5.69 Å². The van der Waals surface area contributed by atoms with Crippen molar-refractivity contribution in [3.05, 3.63) is 70.6 Å². The number of hydrogen-bond acceptors (Lipinski definition) is 3. The number of benzene rings is 1. The van der Waals surface area contributed by atoms with Crippen LogP contribution < -0.4 is 10.6 Å². The Morgan fingerprint density at radius 2 is 1.97 bits per heavy atom. The van der Waals surface area contributed by atoms with Crippen molar-refractivity contribution < 1.29 is 9.18 Å². The molecule has 0 aliphatic carbocycles. The number of urea groups is 1. The molecular weight excluding hydrogens is 387 g/mol. The molecule has 2 amide bonds. The van der Waals surface area contributed by atoms with Crippen molar-refractivity contribution >= 4 is 23.1 Å². The Hall–Kier alpha value is -2.64. The minimum absolute atomic E-state index is 0.152. The predicted octanol–water partition coefficient (Wildman–Crippen LogP) is 4.94. The smallest absolute Gasteiger partial charge is 0.319 e. The second kappa shape index (κ2) is 8.39. The summed E-state index contributed by atoms with van der Waals surface area (Å²) < 4.78 is 15.2. The summed E-state index contributed by atoms with van der Waals surface area (Å²) in [5.74, 6) is -0.327. The molecule has 1 aliphatic heterocycles. The highest BCUT2D eigenvalue weighted by molar-refractivity contribution is 7.15. The standard InChI is InChI=1S/C22H25FN4OS/c1-3-26-13-10-18-19(14-26)29-21(27-11-4-5-12-27)20(18)15(2)24-22(28)25-17-8-6-16(23)7-9-17/h4-9,11-12,15H,3,10,13-14H2,1-2H3,(H2,24,25,28)/t15-/m1/s1. The summed E-state index contributed by atoms with van der Waals surface area (Å²) >= 11 is 1.81. The van der Waals surface area contributed by atoms with E-state index in [1.54, 1.807) is 12.1 Å². The number of amides is 2. The zero-order valence-electron chi connectivity index (χ0n) is 16.6. The molecule has 4 rings (SSSR count). The van der Waals surface area contributed by atoms with Crippen molar-refractivity contribution in [2.24, 2.45) is 0 Å². The minimum atomic E-state index is -0.327. The fourth-order valence-electron chi connectivity index (χ4n) is 3.81. The van der Waals surface area contributed by atoms with Gasteiger partial charge in [0.2, 0.25) is 0 Å². The van der Waals surface area contributed by atoms with Gasteiger partial charge in [-0.05, 0) is 61.9 Å². The fourth-order valence-corrected chi connectivity index (χ4v) is 5.27. The van der Waals surface area contributed by atoms with Crippen LogP contribution in [0.2, 0.25) is 0 Å². The van der Waals surface area contributed by atoms with E-state index in [2.05, 4.69) is 27.0 Å². The van der Waals surface area contributed by atoms with Gasteiger partial charge in [-0.15, -0.1) is 11.3 Å². The summed E-state index contributed by atoms with van der Waals surface area (Å²) in [5.41, 5.74) is 3.11. The van der Waals surface area contributed by atoms with Crippen molar-refractivity contribution in [3.63, 3.8) is 0 Å². The third-order valence-corrected chi connectivity index (χ3v) is 6.57. The highest BCUT2D eigenvalue weighted by Gasteiger charge is 2.27. The molecular formula is C22H25FN4OS. The molecule has 3 aromatic rings. The third-order valence-electron chi connectivity index (χ3n) is 5.33. The number of rotatable bonds is 5. The Bertz CT molecular complexity index is 981. The number of nitrogens with zero attached hydrogens (tertiary/aromatic N) is 2. The van der Waals surface area contributed by atoms with Gasteiger partial charge in [0.25, 0.3) is 0 Å². The molecule has 1 atom stereocenters. The van der Waals surface area contributed by atoms with Crippen LogP contribution in [0.3, 0.4) is 0 Å². The molecule has 0 saturated carbocycles. The highest BCUT2D eigenvalue weighted by atomic mass is 32.1. The Morgan fingerprint density at radius 3 is 2.66 bits per heavy atom. The minimum Gasteiger partial charge on any atom is -0.331 e. The first kappa shape index (κ1) is 19.7. The number of likely N-dealkylation sites (N-methyl/N-ethyl adjacent to an activating group) is 1. The van der Waals surface area contributed by atoms with Gasteiger partial charge in [-0.1, -0.05) is 6.92 Å². The molecule has 152 valence electrons. The largest absolute Gasteiger partial charge is 0.331 e. The van der Waals surface area contributed by atoms with Crippen LogP contribution >= 0.6 is 11.3 Å². The van der Waals surface area contributed by atoms with Gasteiger partial charge in [0, 0.05) is 41.6 Å². The maximum atomic E-state index is 13.1. The van der Waals surface area contributed by atoms with Crippen LogP contribution in [0, 0.1) is 5.82 Å². The molecule has 1 aliphatic rings. The van der Waals surface area contributed by atoms with Gasteiger partial charge in [0.1, 0.15) is 10.8 Å². The van der Waals surface area contributed by atoms with Gasteiger partial charge in [-0.2, -0.15) is 0 Å². The molecule has 2 N–H and O–H groups in total. The van der Waals surface area contributed by atoms with E-state index < -0.39 is 0 Å². The Morgan fingerprint density at radius 1 is 1.24 bits per heavy atom. The summed E-state index contributed by atoms with van der Waals surface area (Å²) in [6.07, 6.45) is 5.08. The number of fused-ring (bicyclic) bond motifs is 1. The summed E-state index contributed by atoms with van der Waals surface area (Å²) in [7, 11) is 0. The maximum absolute atomic E-state index is 13.1. The van der Waals surface area contributed by atoms with Crippen LogP contribution in [0.4, 0.5) is 14.9 Å². The van der Waals surface area contributed by atoms with Crippen LogP contribution in [0.25, 0.3) is 5.00 Å². The molecule has 0 unspecified atom stereocenters. The molecule has 0 fully saturated rings. The van der Waals surface area contributed by atoms with Crippen LogP contribution in [-0.2, 0) is 13.0 Å². The van der Waals surface area contributed by atoms with Crippen molar-refractivity contribution in [1.82, 2.24) is 14.8 Å². The predicted molar refractivity (Wildman–Crippen MR) is 115 cm³/mol. The first-order chi connectivity index (χ1) is 14.0. The number of hydrogen-bond donors (Lipinski definition) is 2. The van der Waals surface area contributed by atoms with Gasteiger partial charge < -0.3 is 15.2 Å². The topological polar surface area (TPSA) is 49.3 Å². The number of thiophene rings is 1. The summed E-state index contributed by atoms with van der Waals surface area (Å²) in [6.45, 7) is 7.24. The Balaban J connectivity index is 1.58. The molecule has 2 aromatic heterocycles. The molecule has 7 heteroatoms. The number of halogens is 1. The first-order valence-electron chi connectivity index (χ1n) is 9.88. The lowest BCUT2D eigenvalue weighted by Gasteiger charge is -2.26. The average Bonchev–Trinajstić information content (AvgIpc) is 3.36. The number of anilines is 1. The lowest BCUT2D eigenvalue weighted by atomic mass is 9.98. The van der Waals surface area contributed by atoms with Gasteiger partial charge in [0.05, 0.1) is 6.04 Å². The van der Waals surface area contributed by atoms with Crippen LogP contribution in [-0.4, -0.2) is 28.6 Å². The SMILES string of the molecule is CCN1CCc2c(sc(-n3cccc3)c2[C@@H](C)NC(=O)Nc2ccc(F)cc2)C1. The lowest BCUT2D eigenvalue weighted by molar-refractivity contribution is 0.249. The normalized spacial score (nSPS) is 15.0. The quantitative estimate of drug-likeness (QED) is 0.624. The van der Waals surface area contributed by atoms with Gasteiger partial charge in [0.15, 0.2) is 0 Å². The molecule has 0 saturated heterocycles.